The Kier molecular flexibility index (Phi) is 6.65. The van der Waals surface area contributed by atoms with Crippen LogP contribution in [0.2, 0.25) is 5.02 Å². The predicted molar refractivity (Wildman–Crippen MR) is 105 cm³/mol. The van der Waals surface area contributed by atoms with Crippen molar-refractivity contribution in [2.24, 2.45) is 0 Å². The van der Waals surface area contributed by atoms with E-state index in [0.717, 1.165) is 18.8 Å². The second-order valence-corrected chi connectivity index (χ2v) is 5.98. The number of phenols is 1. The highest BCUT2D eigenvalue weighted by Crippen LogP contribution is 2.26. The molecule has 0 aliphatic rings. The van der Waals surface area contributed by atoms with Crippen LogP contribution in [0.25, 0.3) is 6.08 Å². The van der Waals surface area contributed by atoms with Crippen LogP contribution in [0.15, 0.2) is 48.0 Å². The van der Waals surface area contributed by atoms with Gasteiger partial charge in [-0.3, -0.25) is 4.79 Å². The number of anilines is 2. The molecule has 26 heavy (non-hydrogen) atoms. The van der Waals surface area contributed by atoms with E-state index in [0.29, 0.717) is 16.3 Å². The largest absolute Gasteiger partial charge is 0.507 e. The Balaban J connectivity index is 2.23. The number of hydrogen-bond donors (Lipinski definition) is 2. The van der Waals surface area contributed by atoms with Gasteiger partial charge in [-0.2, -0.15) is 5.26 Å². The first-order valence-electron chi connectivity index (χ1n) is 8.25. The second-order valence-electron chi connectivity index (χ2n) is 5.55. The van der Waals surface area contributed by atoms with Gasteiger partial charge in [-0.1, -0.05) is 11.6 Å². The molecule has 0 saturated carbocycles. The lowest BCUT2D eigenvalue weighted by atomic mass is 10.1. The zero-order valence-corrected chi connectivity index (χ0v) is 15.4. The topological polar surface area (TPSA) is 76.4 Å². The normalized spacial score (nSPS) is 10.9. The molecule has 0 bridgehead atoms. The molecule has 0 spiro atoms. The zero-order chi connectivity index (χ0) is 19.1. The number of amides is 1. The van der Waals surface area contributed by atoms with Gasteiger partial charge >= 0.3 is 0 Å². The van der Waals surface area contributed by atoms with E-state index in [-0.39, 0.29) is 11.3 Å². The van der Waals surface area contributed by atoms with Crippen molar-refractivity contribution >= 4 is 35.0 Å². The van der Waals surface area contributed by atoms with Crippen molar-refractivity contribution in [2.45, 2.75) is 13.8 Å². The van der Waals surface area contributed by atoms with E-state index in [1.807, 2.05) is 26.0 Å². The quantitative estimate of drug-likeness (QED) is 0.583. The maximum Gasteiger partial charge on any atom is 0.266 e. The monoisotopic (exact) mass is 369 g/mol. The summed E-state index contributed by atoms with van der Waals surface area (Å²) in [6.07, 6.45) is 1.37. The van der Waals surface area contributed by atoms with Crippen LogP contribution in [0.4, 0.5) is 11.4 Å². The van der Waals surface area contributed by atoms with Gasteiger partial charge in [0.25, 0.3) is 5.91 Å². The van der Waals surface area contributed by atoms with Gasteiger partial charge in [-0.15, -0.1) is 0 Å². The fraction of sp³-hybridized carbons (Fsp3) is 0.200. The SMILES string of the molecule is CCN(CC)c1ccc(/C=C(/C#N)C(=O)Nc2ccc(Cl)cc2)c(O)c1. The summed E-state index contributed by atoms with van der Waals surface area (Å²) >= 11 is 5.81. The van der Waals surface area contributed by atoms with Crippen molar-refractivity contribution in [2.75, 3.05) is 23.3 Å². The summed E-state index contributed by atoms with van der Waals surface area (Å²) in [5.74, 6) is -0.538. The third-order valence-electron chi connectivity index (χ3n) is 3.91. The Morgan fingerprint density at radius 1 is 1.23 bits per heavy atom. The fourth-order valence-electron chi connectivity index (χ4n) is 2.48. The predicted octanol–water partition coefficient (Wildman–Crippen LogP) is 4.44. The molecule has 2 aromatic rings. The van der Waals surface area contributed by atoms with Gasteiger partial charge in [0.15, 0.2) is 0 Å². The first-order valence-corrected chi connectivity index (χ1v) is 8.63. The number of nitrogens with one attached hydrogen (secondary N) is 1. The smallest absolute Gasteiger partial charge is 0.266 e. The minimum Gasteiger partial charge on any atom is -0.507 e. The molecule has 1 amide bonds. The van der Waals surface area contributed by atoms with E-state index in [9.17, 15) is 15.2 Å². The molecule has 134 valence electrons. The number of phenolic OH excluding ortho intramolecular Hbond substituents is 1. The first-order chi connectivity index (χ1) is 12.5. The lowest BCUT2D eigenvalue weighted by Crippen LogP contribution is -2.21. The Hall–Kier alpha value is -2.97. The third-order valence-corrected chi connectivity index (χ3v) is 4.16. The van der Waals surface area contributed by atoms with Crippen molar-refractivity contribution in [1.29, 1.82) is 5.26 Å². The van der Waals surface area contributed by atoms with Crippen molar-refractivity contribution in [3.8, 4) is 11.8 Å². The molecule has 0 aromatic heterocycles. The van der Waals surface area contributed by atoms with Gasteiger partial charge in [-0.25, -0.2) is 0 Å². The molecule has 0 radical (unpaired) electrons. The molecule has 0 saturated heterocycles. The number of halogens is 1. The highest BCUT2D eigenvalue weighted by atomic mass is 35.5. The van der Waals surface area contributed by atoms with E-state index in [1.54, 1.807) is 36.4 Å². The van der Waals surface area contributed by atoms with Gasteiger partial charge in [0.05, 0.1) is 0 Å². The first kappa shape index (κ1) is 19.4. The molecule has 0 heterocycles. The van der Waals surface area contributed by atoms with Crippen molar-refractivity contribution in [3.63, 3.8) is 0 Å². The molecule has 0 aliphatic heterocycles. The maximum absolute atomic E-state index is 12.3. The van der Waals surface area contributed by atoms with Gasteiger partial charge in [0.2, 0.25) is 0 Å². The standard InChI is InChI=1S/C20H20ClN3O2/c1-3-24(4-2)18-10-5-14(19(25)12-18)11-15(13-22)20(26)23-17-8-6-16(21)7-9-17/h5-12,25H,3-4H2,1-2H3,(H,23,26)/b15-11-. The van der Waals surface area contributed by atoms with E-state index in [2.05, 4.69) is 10.2 Å². The Bertz CT molecular complexity index is 850. The molecule has 5 nitrogen and oxygen atoms in total. The number of aromatic hydroxyl groups is 1. The average molecular weight is 370 g/mol. The molecule has 2 N–H and O–H groups in total. The van der Waals surface area contributed by atoms with Crippen LogP contribution in [-0.2, 0) is 4.79 Å². The molecule has 6 heteroatoms. The summed E-state index contributed by atoms with van der Waals surface area (Å²) < 4.78 is 0. The van der Waals surface area contributed by atoms with E-state index < -0.39 is 5.91 Å². The number of carbonyl (C=O) groups excluding carboxylic acids is 1. The molecule has 0 unspecified atom stereocenters. The highest BCUT2D eigenvalue weighted by molar-refractivity contribution is 6.30. The van der Waals surface area contributed by atoms with Crippen molar-refractivity contribution in [1.82, 2.24) is 0 Å². The molecule has 2 rings (SSSR count). The van der Waals surface area contributed by atoms with Crippen molar-refractivity contribution < 1.29 is 9.90 Å². The number of nitrogens with zero attached hydrogens (tertiary/aromatic N) is 2. The zero-order valence-electron chi connectivity index (χ0n) is 14.7. The highest BCUT2D eigenvalue weighted by Gasteiger charge is 2.12. The number of benzene rings is 2. The molecular weight excluding hydrogens is 350 g/mol. The van der Waals surface area contributed by atoms with Crippen LogP contribution >= 0.6 is 11.6 Å². The number of hydrogen-bond acceptors (Lipinski definition) is 4. The van der Waals surface area contributed by atoms with Crippen LogP contribution in [0, 0.1) is 11.3 Å². The summed E-state index contributed by atoms with van der Waals surface area (Å²) in [7, 11) is 0. The van der Waals surface area contributed by atoms with Gasteiger partial charge < -0.3 is 15.3 Å². The molecule has 0 atom stereocenters. The van der Waals surface area contributed by atoms with Gasteiger partial charge in [-0.05, 0) is 56.3 Å². The summed E-state index contributed by atoms with van der Waals surface area (Å²) in [5, 5.41) is 22.7. The van der Waals surface area contributed by atoms with Crippen LogP contribution in [0.3, 0.4) is 0 Å². The van der Waals surface area contributed by atoms with Crippen LogP contribution in [0.1, 0.15) is 19.4 Å². The lowest BCUT2D eigenvalue weighted by Gasteiger charge is -2.21. The number of carbonyl (C=O) groups is 1. The van der Waals surface area contributed by atoms with E-state index in [4.69, 9.17) is 11.6 Å². The van der Waals surface area contributed by atoms with Gasteiger partial charge in [0.1, 0.15) is 17.4 Å². The number of rotatable bonds is 6. The van der Waals surface area contributed by atoms with E-state index >= 15 is 0 Å². The van der Waals surface area contributed by atoms with Crippen LogP contribution in [-0.4, -0.2) is 24.1 Å². The fourth-order valence-corrected chi connectivity index (χ4v) is 2.60. The van der Waals surface area contributed by atoms with Crippen LogP contribution < -0.4 is 10.2 Å². The Morgan fingerprint density at radius 2 is 1.88 bits per heavy atom. The summed E-state index contributed by atoms with van der Waals surface area (Å²) in [6, 6.07) is 13.6. The lowest BCUT2D eigenvalue weighted by molar-refractivity contribution is -0.112. The molecule has 0 aliphatic carbocycles. The Morgan fingerprint density at radius 3 is 2.42 bits per heavy atom. The minimum absolute atomic E-state index is 0.0152. The summed E-state index contributed by atoms with van der Waals surface area (Å²) in [5.41, 5.74) is 1.71. The van der Waals surface area contributed by atoms with Crippen LogP contribution in [0.5, 0.6) is 5.75 Å². The average Bonchev–Trinajstić information content (AvgIpc) is 2.64. The minimum atomic E-state index is -0.554. The molecular formula is C20H20ClN3O2. The van der Waals surface area contributed by atoms with E-state index in [1.165, 1.54) is 6.08 Å². The summed E-state index contributed by atoms with van der Waals surface area (Å²) in [6.45, 7) is 5.70. The molecule has 2 aromatic carbocycles. The van der Waals surface area contributed by atoms with Crippen molar-refractivity contribution in [3.05, 3.63) is 58.6 Å². The maximum atomic E-state index is 12.3. The Labute approximate surface area is 158 Å². The molecule has 0 fully saturated rings. The van der Waals surface area contributed by atoms with Gasteiger partial charge in [0, 0.05) is 41.1 Å². The number of nitriles is 1. The summed E-state index contributed by atoms with van der Waals surface area (Å²) in [4.78, 5) is 14.4. The third kappa shape index (κ3) is 4.78. The second kappa shape index (κ2) is 8.93.